The molecule has 0 aliphatic carbocycles. The number of benzene rings is 1. The molecular formula is C22H32N2O5S. The molecular weight excluding hydrogens is 404 g/mol. The van der Waals surface area contributed by atoms with E-state index < -0.39 is 27.5 Å². The topological polar surface area (TPSA) is 98.5 Å². The molecule has 2 heterocycles. The van der Waals surface area contributed by atoms with Gasteiger partial charge < -0.3 is 14.4 Å². The maximum Gasteiger partial charge on any atom is 0.307 e. The molecule has 3 rings (SSSR count). The zero-order valence-corrected chi connectivity index (χ0v) is 19.0. The number of aliphatic carboxylic acids is 1. The molecule has 166 valence electrons. The molecule has 7 nitrogen and oxygen atoms in total. The van der Waals surface area contributed by atoms with Crippen molar-refractivity contribution in [1.82, 2.24) is 9.55 Å². The Morgan fingerprint density at radius 3 is 2.57 bits per heavy atom. The summed E-state index contributed by atoms with van der Waals surface area (Å²) in [6, 6.07) is 4.98. The molecule has 1 atom stereocenters. The van der Waals surface area contributed by atoms with Gasteiger partial charge in [0.2, 0.25) is 0 Å². The van der Waals surface area contributed by atoms with E-state index in [0.717, 1.165) is 50.4 Å². The lowest BCUT2D eigenvalue weighted by Crippen LogP contribution is -2.22. The molecule has 0 saturated carbocycles. The van der Waals surface area contributed by atoms with Crippen LogP contribution in [0.2, 0.25) is 0 Å². The van der Waals surface area contributed by atoms with Crippen LogP contribution in [-0.4, -0.2) is 48.0 Å². The minimum Gasteiger partial charge on any atom is -0.481 e. The normalized spacial score (nSPS) is 17.3. The quantitative estimate of drug-likeness (QED) is 0.713. The molecule has 0 radical (unpaired) electrons. The Morgan fingerprint density at radius 1 is 1.30 bits per heavy atom. The summed E-state index contributed by atoms with van der Waals surface area (Å²) >= 11 is 0. The van der Waals surface area contributed by atoms with Crippen LogP contribution in [0, 0.1) is 17.3 Å². The Hall–Kier alpha value is -1.93. The predicted octanol–water partition coefficient (Wildman–Crippen LogP) is 3.55. The molecule has 2 aromatic rings. The fourth-order valence-electron chi connectivity index (χ4n) is 3.85. The minimum atomic E-state index is -3.71. The van der Waals surface area contributed by atoms with Crippen molar-refractivity contribution >= 4 is 26.8 Å². The first-order valence-corrected chi connectivity index (χ1v) is 12.1. The highest BCUT2D eigenvalue weighted by atomic mass is 32.2. The van der Waals surface area contributed by atoms with Gasteiger partial charge in [-0.1, -0.05) is 27.7 Å². The van der Waals surface area contributed by atoms with E-state index in [4.69, 9.17) is 14.8 Å². The number of carbonyl (C=O) groups is 1. The van der Waals surface area contributed by atoms with Crippen molar-refractivity contribution in [3.05, 3.63) is 24.0 Å². The van der Waals surface area contributed by atoms with Gasteiger partial charge in [-0.05, 0) is 42.4 Å². The van der Waals surface area contributed by atoms with Crippen molar-refractivity contribution < 1.29 is 23.1 Å². The Bertz CT molecular complexity index is 1010. The second kappa shape index (κ2) is 8.67. The first-order chi connectivity index (χ1) is 14.0. The van der Waals surface area contributed by atoms with E-state index in [1.807, 2.05) is 6.07 Å². The highest BCUT2D eigenvalue weighted by Crippen LogP contribution is 2.29. The molecule has 1 unspecified atom stereocenters. The Balaban J connectivity index is 1.99. The van der Waals surface area contributed by atoms with Gasteiger partial charge in [-0.2, -0.15) is 0 Å². The number of carboxylic acids is 1. The number of hydrogen-bond acceptors (Lipinski definition) is 5. The van der Waals surface area contributed by atoms with Crippen LogP contribution in [0.3, 0.4) is 0 Å². The number of fused-ring (bicyclic) bond motifs is 1. The molecule has 1 aliphatic heterocycles. The van der Waals surface area contributed by atoms with Crippen molar-refractivity contribution in [3.63, 3.8) is 0 Å². The summed E-state index contributed by atoms with van der Waals surface area (Å²) in [5.41, 5.74) is 1.61. The van der Waals surface area contributed by atoms with Crippen LogP contribution in [0.25, 0.3) is 11.0 Å². The van der Waals surface area contributed by atoms with Gasteiger partial charge in [0, 0.05) is 26.2 Å². The summed E-state index contributed by atoms with van der Waals surface area (Å²) in [7, 11) is -3.71. The van der Waals surface area contributed by atoms with Gasteiger partial charge in [0.15, 0.2) is 9.84 Å². The standard InChI is InChI=1S/C22H32N2O5S/c1-15(21(25)26)14-30(27,28)17-5-6-19-18(11-17)23-20(12-22(2,3)4)24(19)13-16-7-9-29-10-8-16/h5-6,11,15-16H,7-10,12-14H2,1-4H3,(H,25,26). The largest absolute Gasteiger partial charge is 0.481 e. The third kappa shape index (κ3) is 5.40. The zero-order chi connectivity index (χ0) is 22.1. The van der Waals surface area contributed by atoms with Crippen molar-refractivity contribution in [2.45, 2.75) is 58.4 Å². The zero-order valence-electron chi connectivity index (χ0n) is 18.2. The lowest BCUT2D eigenvalue weighted by molar-refractivity contribution is -0.140. The van der Waals surface area contributed by atoms with Gasteiger partial charge in [-0.15, -0.1) is 0 Å². The number of nitrogens with zero attached hydrogens (tertiary/aromatic N) is 2. The molecule has 1 N–H and O–H groups in total. The van der Waals surface area contributed by atoms with Crippen molar-refractivity contribution in [2.75, 3.05) is 19.0 Å². The highest BCUT2D eigenvalue weighted by molar-refractivity contribution is 7.91. The van der Waals surface area contributed by atoms with Crippen LogP contribution in [0.4, 0.5) is 0 Å². The molecule has 1 aromatic heterocycles. The molecule has 0 bridgehead atoms. The number of sulfone groups is 1. The molecule has 8 heteroatoms. The van der Waals surface area contributed by atoms with Gasteiger partial charge in [0.25, 0.3) is 0 Å². The van der Waals surface area contributed by atoms with Gasteiger partial charge in [0.1, 0.15) is 5.82 Å². The van der Waals surface area contributed by atoms with Crippen LogP contribution in [0.15, 0.2) is 23.1 Å². The van der Waals surface area contributed by atoms with Crippen molar-refractivity contribution in [2.24, 2.45) is 17.3 Å². The summed E-state index contributed by atoms with van der Waals surface area (Å²) in [6.07, 6.45) is 2.80. The lowest BCUT2D eigenvalue weighted by Gasteiger charge is -2.25. The van der Waals surface area contributed by atoms with Crippen molar-refractivity contribution in [1.29, 1.82) is 0 Å². The summed E-state index contributed by atoms with van der Waals surface area (Å²) < 4.78 is 33.1. The van der Waals surface area contributed by atoms with Crippen LogP contribution in [-0.2, 0) is 32.3 Å². The van der Waals surface area contributed by atoms with Crippen LogP contribution in [0.1, 0.15) is 46.4 Å². The Kier molecular flexibility index (Phi) is 6.57. The van der Waals surface area contributed by atoms with Crippen LogP contribution in [0.5, 0.6) is 0 Å². The summed E-state index contributed by atoms with van der Waals surface area (Å²) in [4.78, 5) is 16.0. The Morgan fingerprint density at radius 2 is 1.97 bits per heavy atom. The first-order valence-electron chi connectivity index (χ1n) is 10.5. The molecule has 30 heavy (non-hydrogen) atoms. The summed E-state index contributed by atoms with van der Waals surface area (Å²) in [5, 5.41) is 9.08. The molecule has 1 fully saturated rings. The summed E-state index contributed by atoms with van der Waals surface area (Å²) in [5.74, 6) is -1.04. The van der Waals surface area contributed by atoms with Crippen LogP contribution < -0.4 is 0 Å². The van der Waals surface area contributed by atoms with Gasteiger partial charge in [-0.25, -0.2) is 13.4 Å². The second-order valence-electron chi connectivity index (χ2n) is 9.60. The van der Waals surface area contributed by atoms with E-state index in [2.05, 4.69) is 25.3 Å². The number of carboxylic acid groups (broad SMARTS) is 1. The number of hydrogen-bond donors (Lipinski definition) is 1. The lowest BCUT2D eigenvalue weighted by atomic mass is 9.91. The average molecular weight is 437 g/mol. The second-order valence-corrected chi connectivity index (χ2v) is 11.6. The molecule has 1 aromatic carbocycles. The monoisotopic (exact) mass is 436 g/mol. The molecule has 0 spiro atoms. The van der Waals surface area contributed by atoms with Gasteiger partial charge >= 0.3 is 5.97 Å². The number of ether oxygens (including phenoxy) is 1. The van der Waals surface area contributed by atoms with Gasteiger partial charge in [-0.3, -0.25) is 4.79 Å². The van der Waals surface area contributed by atoms with Crippen molar-refractivity contribution in [3.8, 4) is 0 Å². The van der Waals surface area contributed by atoms with Gasteiger partial charge in [0.05, 0.1) is 27.6 Å². The fourth-order valence-corrected chi connectivity index (χ4v) is 5.41. The number of aromatic nitrogens is 2. The van der Waals surface area contributed by atoms with E-state index in [1.54, 1.807) is 12.1 Å². The third-order valence-electron chi connectivity index (χ3n) is 5.52. The fraction of sp³-hybridized carbons (Fsp3) is 0.636. The number of rotatable bonds is 7. The maximum atomic E-state index is 12.7. The van der Waals surface area contributed by atoms with E-state index >= 15 is 0 Å². The van der Waals surface area contributed by atoms with Crippen LogP contribution >= 0.6 is 0 Å². The van der Waals surface area contributed by atoms with E-state index in [0.29, 0.717) is 11.4 Å². The number of imidazole rings is 1. The summed E-state index contributed by atoms with van der Waals surface area (Å²) in [6.45, 7) is 10.3. The van der Waals surface area contributed by atoms with E-state index in [1.165, 1.54) is 6.92 Å². The van der Waals surface area contributed by atoms with E-state index in [9.17, 15) is 13.2 Å². The molecule has 1 saturated heterocycles. The average Bonchev–Trinajstić information content (AvgIpc) is 2.97. The minimum absolute atomic E-state index is 0.0423. The predicted molar refractivity (Wildman–Crippen MR) is 115 cm³/mol. The first kappa shape index (κ1) is 22.7. The highest BCUT2D eigenvalue weighted by Gasteiger charge is 2.25. The maximum absolute atomic E-state index is 12.7. The van der Waals surface area contributed by atoms with E-state index in [-0.39, 0.29) is 10.3 Å². The molecule has 0 amide bonds. The smallest absolute Gasteiger partial charge is 0.307 e. The third-order valence-corrected chi connectivity index (χ3v) is 7.43. The Labute approximate surface area is 178 Å². The SMILES string of the molecule is CC(CS(=O)(=O)c1ccc2c(c1)nc(CC(C)(C)C)n2CC1CCOCC1)C(=O)O. The molecule has 1 aliphatic rings.